The molecule has 5 rings (SSSR count). The minimum absolute atomic E-state index is 0.0987. The number of fused-ring (bicyclic) bond motifs is 1. The van der Waals surface area contributed by atoms with Crippen molar-refractivity contribution in [1.29, 1.82) is 5.41 Å². The Hall–Kier alpha value is -4.36. The fraction of sp³-hybridized carbons (Fsp3) is 0.400. The predicted octanol–water partition coefficient (Wildman–Crippen LogP) is 2.02. The summed E-state index contributed by atoms with van der Waals surface area (Å²) in [5, 5.41) is 13.6. The molecule has 4 amide bonds. The maximum atomic E-state index is 13.1. The van der Waals surface area contributed by atoms with Crippen LogP contribution in [0.1, 0.15) is 47.3 Å². The standard InChI is InChI=1S/C30H34N6O4/c1-20(2)34-13-4-14-35(16-15-34)26(31)22-7-5-21(6-8-22)11-12-30(28(38)32-29(39)33-30)19-36-18-23-9-10-24(40-3)17-25(23)27(36)37/h5-10,17,20,31H,4,13-16,18-19H2,1-3H3,(H2,32,33,38,39)/t30-/m1/s1. The molecule has 3 heterocycles. The minimum atomic E-state index is -1.58. The number of imide groups is 1. The van der Waals surface area contributed by atoms with Crippen LogP contribution in [-0.2, 0) is 11.3 Å². The quantitative estimate of drug-likeness (QED) is 0.230. The van der Waals surface area contributed by atoms with Gasteiger partial charge in [-0.1, -0.05) is 30.0 Å². The lowest BCUT2D eigenvalue weighted by Gasteiger charge is -2.26. The van der Waals surface area contributed by atoms with E-state index < -0.39 is 17.5 Å². The van der Waals surface area contributed by atoms with Crippen LogP contribution in [0, 0.1) is 17.3 Å². The number of rotatable bonds is 5. The van der Waals surface area contributed by atoms with Crippen LogP contribution in [0.5, 0.6) is 5.75 Å². The number of amidine groups is 1. The number of amides is 4. The van der Waals surface area contributed by atoms with Gasteiger partial charge in [-0.3, -0.25) is 25.2 Å². The zero-order valence-corrected chi connectivity index (χ0v) is 23.0. The number of carbonyl (C=O) groups excluding carboxylic acids is 3. The summed E-state index contributed by atoms with van der Waals surface area (Å²) in [6, 6.07) is 12.4. The third-order valence-electron chi connectivity index (χ3n) is 7.72. The largest absolute Gasteiger partial charge is 0.497 e. The average molecular weight is 543 g/mol. The first-order chi connectivity index (χ1) is 19.2. The van der Waals surface area contributed by atoms with E-state index in [2.05, 4.69) is 46.1 Å². The zero-order chi connectivity index (χ0) is 28.4. The van der Waals surface area contributed by atoms with Crippen LogP contribution >= 0.6 is 0 Å². The molecule has 1 atom stereocenters. The molecular weight excluding hydrogens is 508 g/mol. The van der Waals surface area contributed by atoms with Gasteiger partial charge in [0.2, 0.25) is 5.54 Å². The van der Waals surface area contributed by atoms with E-state index >= 15 is 0 Å². The molecule has 0 radical (unpaired) electrons. The van der Waals surface area contributed by atoms with Gasteiger partial charge in [-0.05, 0) is 50.1 Å². The van der Waals surface area contributed by atoms with Gasteiger partial charge in [0.1, 0.15) is 11.6 Å². The smallest absolute Gasteiger partial charge is 0.323 e. The van der Waals surface area contributed by atoms with Crippen molar-refractivity contribution in [3.63, 3.8) is 0 Å². The molecule has 2 fully saturated rings. The Bertz CT molecular complexity index is 1410. The molecule has 0 spiro atoms. The Kier molecular flexibility index (Phi) is 7.50. The van der Waals surface area contributed by atoms with Crippen LogP contribution in [0.3, 0.4) is 0 Å². The van der Waals surface area contributed by atoms with Gasteiger partial charge in [0.25, 0.3) is 11.8 Å². The maximum absolute atomic E-state index is 13.1. The van der Waals surface area contributed by atoms with Crippen LogP contribution in [0.2, 0.25) is 0 Å². The van der Waals surface area contributed by atoms with Crippen molar-refractivity contribution in [2.45, 2.75) is 38.4 Å². The molecule has 0 aliphatic carbocycles. The molecule has 40 heavy (non-hydrogen) atoms. The number of ether oxygens (including phenoxy) is 1. The SMILES string of the molecule is COc1ccc2c(c1)C(=O)N(C[C@@]1(C#Cc3ccc(C(=N)N4CCCN(C(C)C)CC4)cc3)NC(=O)NC1=O)C2. The number of carbonyl (C=O) groups is 3. The summed E-state index contributed by atoms with van der Waals surface area (Å²) in [6.07, 6.45) is 1.01. The molecule has 10 heteroatoms. The number of nitrogens with zero attached hydrogens (tertiary/aromatic N) is 3. The Morgan fingerprint density at radius 1 is 1.07 bits per heavy atom. The topological polar surface area (TPSA) is 118 Å². The number of methoxy groups -OCH3 is 1. The average Bonchev–Trinajstić information content (AvgIpc) is 3.26. The Morgan fingerprint density at radius 2 is 1.85 bits per heavy atom. The molecular formula is C30H34N6O4. The molecule has 2 aromatic rings. The first kappa shape index (κ1) is 27.2. The van der Waals surface area contributed by atoms with Gasteiger partial charge in [-0.25, -0.2) is 4.79 Å². The normalized spacial score (nSPS) is 20.9. The summed E-state index contributed by atoms with van der Waals surface area (Å²) in [5.41, 5.74) is 1.16. The van der Waals surface area contributed by atoms with E-state index in [1.165, 1.54) is 12.0 Å². The second-order valence-electron chi connectivity index (χ2n) is 10.6. The highest BCUT2D eigenvalue weighted by atomic mass is 16.5. The molecule has 0 saturated carbocycles. The summed E-state index contributed by atoms with van der Waals surface area (Å²) >= 11 is 0. The molecule has 208 valence electrons. The molecule has 3 aliphatic heterocycles. The molecule has 0 bridgehead atoms. The van der Waals surface area contributed by atoms with Crippen molar-refractivity contribution in [1.82, 2.24) is 25.3 Å². The maximum Gasteiger partial charge on any atom is 0.323 e. The van der Waals surface area contributed by atoms with Gasteiger partial charge in [0.05, 0.1) is 13.7 Å². The highest BCUT2D eigenvalue weighted by Crippen LogP contribution is 2.28. The van der Waals surface area contributed by atoms with E-state index in [1.807, 2.05) is 18.2 Å². The van der Waals surface area contributed by atoms with Crippen LogP contribution in [0.15, 0.2) is 42.5 Å². The molecule has 3 aliphatic rings. The number of nitrogens with one attached hydrogen (secondary N) is 3. The summed E-state index contributed by atoms with van der Waals surface area (Å²) in [4.78, 5) is 44.2. The van der Waals surface area contributed by atoms with Crippen molar-refractivity contribution in [2.24, 2.45) is 0 Å². The predicted molar refractivity (Wildman–Crippen MR) is 150 cm³/mol. The van der Waals surface area contributed by atoms with Gasteiger partial charge in [-0.15, -0.1) is 0 Å². The lowest BCUT2D eigenvalue weighted by atomic mass is 9.99. The summed E-state index contributed by atoms with van der Waals surface area (Å²) < 4.78 is 5.24. The van der Waals surface area contributed by atoms with E-state index in [1.54, 1.807) is 24.3 Å². The molecule has 10 nitrogen and oxygen atoms in total. The Balaban J connectivity index is 1.31. The molecule has 2 aromatic carbocycles. The van der Waals surface area contributed by atoms with Crippen molar-refractivity contribution < 1.29 is 19.1 Å². The Labute approximate surface area is 234 Å². The lowest BCUT2D eigenvalue weighted by molar-refractivity contribution is -0.122. The van der Waals surface area contributed by atoms with Crippen molar-refractivity contribution in [3.05, 3.63) is 64.7 Å². The van der Waals surface area contributed by atoms with Crippen LogP contribution in [-0.4, -0.2) is 89.8 Å². The fourth-order valence-corrected chi connectivity index (χ4v) is 5.36. The zero-order valence-electron chi connectivity index (χ0n) is 23.0. The third kappa shape index (κ3) is 5.38. The second-order valence-corrected chi connectivity index (χ2v) is 10.6. The van der Waals surface area contributed by atoms with Crippen molar-refractivity contribution in [2.75, 3.05) is 39.8 Å². The van der Waals surface area contributed by atoms with E-state index in [-0.39, 0.29) is 12.5 Å². The number of hydrogen-bond acceptors (Lipinski definition) is 6. The van der Waals surface area contributed by atoms with E-state index in [0.717, 1.165) is 43.7 Å². The number of urea groups is 1. The molecule has 2 saturated heterocycles. The third-order valence-corrected chi connectivity index (χ3v) is 7.72. The van der Waals surface area contributed by atoms with E-state index in [4.69, 9.17) is 10.1 Å². The summed E-state index contributed by atoms with van der Waals surface area (Å²) in [5.74, 6) is 6.15. The first-order valence-corrected chi connectivity index (χ1v) is 13.5. The van der Waals surface area contributed by atoms with Crippen LogP contribution in [0.4, 0.5) is 4.79 Å². The number of hydrogen-bond donors (Lipinski definition) is 3. The van der Waals surface area contributed by atoms with Gasteiger partial charge in [0.15, 0.2) is 0 Å². The minimum Gasteiger partial charge on any atom is -0.497 e. The highest BCUT2D eigenvalue weighted by Gasteiger charge is 2.48. The van der Waals surface area contributed by atoms with Gasteiger partial charge >= 0.3 is 6.03 Å². The van der Waals surface area contributed by atoms with Gasteiger partial charge in [-0.2, -0.15) is 0 Å². The first-order valence-electron chi connectivity index (χ1n) is 13.5. The molecule has 0 unspecified atom stereocenters. The monoisotopic (exact) mass is 542 g/mol. The van der Waals surface area contributed by atoms with E-state index in [0.29, 0.717) is 35.3 Å². The highest BCUT2D eigenvalue weighted by molar-refractivity contribution is 6.10. The fourth-order valence-electron chi connectivity index (χ4n) is 5.36. The van der Waals surface area contributed by atoms with E-state index in [9.17, 15) is 14.4 Å². The second kappa shape index (κ2) is 11.0. The van der Waals surface area contributed by atoms with Crippen molar-refractivity contribution in [3.8, 4) is 17.6 Å². The molecule has 3 N–H and O–H groups in total. The van der Waals surface area contributed by atoms with Crippen molar-refractivity contribution >= 4 is 23.7 Å². The summed E-state index contributed by atoms with van der Waals surface area (Å²) in [6.45, 7) is 8.21. The lowest BCUT2D eigenvalue weighted by Crippen LogP contribution is -2.54. The summed E-state index contributed by atoms with van der Waals surface area (Å²) in [7, 11) is 1.53. The van der Waals surface area contributed by atoms with Gasteiger partial charge in [0, 0.05) is 55.5 Å². The Morgan fingerprint density at radius 3 is 2.52 bits per heavy atom. The van der Waals surface area contributed by atoms with Gasteiger partial charge < -0.3 is 19.9 Å². The molecule has 0 aromatic heterocycles. The van der Waals surface area contributed by atoms with Crippen LogP contribution in [0.25, 0.3) is 0 Å². The number of benzene rings is 2. The van der Waals surface area contributed by atoms with Crippen LogP contribution < -0.4 is 15.4 Å².